The van der Waals surface area contributed by atoms with Crippen molar-refractivity contribution < 1.29 is 4.74 Å². The molecule has 1 N–H and O–H groups in total. The van der Waals surface area contributed by atoms with Gasteiger partial charge in [-0.2, -0.15) is 0 Å². The molecule has 0 radical (unpaired) electrons. The van der Waals surface area contributed by atoms with E-state index in [4.69, 9.17) is 4.74 Å². The summed E-state index contributed by atoms with van der Waals surface area (Å²) in [5.74, 6) is 0.680. The van der Waals surface area contributed by atoms with E-state index in [9.17, 15) is 0 Å². The minimum absolute atomic E-state index is 0.680. The van der Waals surface area contributed by atoms with Crippen LogP contribution in [0, 0.1) is 12.8 Å². The van der Waals surface area contributed by atoms with E-state index in [1.54, 1.807) is 0 Å². The van der Waals surface area contributed by atoms with Crippen molar-refractivity contribution in [1.29, 1.82) is 0 Å². The van der Waals surface area contributed by atoms with Gasteiger partial charge in [-0.15, -0.1) is 0 Å². The van der Waals surface area contributed by atoms with Crippen molar-refractivity contribution in [3.63, 3.8) is 0 Å². The van der Waals surface area contributed by atoms with E-state index in [2.05, 4.69) is 56.2 Å². The van der Waals surface area contributed by atoms with Crippen molar-refractivity contribution in [2.75, 3.05) is 38.3 Å². The lowest BCUT2D eigenvalue weighted by Gasteiger charge is -2.23. The Kier molecular flexibility index (Phi) is 7.63. The molecule has 20 heavy (non-hydrogen) atoms. The second kappa shape index (κ2) is 8.98. The zero-order chi connectivity index (χ0) is 15.0. The summed E-state index contributed by atoms with van der Waals surface area (Å²) in [7, 11) is 2.13. The van der Waals surface area contributed by atoms with Crippen LogP contribution in [-0.2, 0) is 11.3 Å². The van der Waals surface area contributed by atoms with Gasteiger partial charge in [-0.05, 0) is 37.9 Å². The molecule has 3 nitrogen and oxygen atoms in total. The highest BCUT2D eigenvalue weighted by Crippen LogP contribution is 2.21. The number of rotatable bonds is 9. The number of likely N-dealkylation sites (N-methyl/N-ethyl adjacent to an activating group) is 1. The van der Waals surface area contributed by atoms with E-state index in [-0.39, 0.29) is 0 Å². The standard InChI is InChI=1S/C17H30N2O/c1-6-20-10-9-19(5)17-8-7-15(4)11-16(17)13-18-12-14(2)3/h7-8,11,14,18H,6,9-10,12-13H2,1-5H3. The molecule has 0 aliphatic heterocycles. The Hall–Kier alpha value is -1.06. The Morgan fingerprint density at radius 2 is 2.05 bits per heavy atom. The van der Waals surface area contributed by atoms with Gasteiger partial charge in [0, 0.05) is 32.4 Å². The molecule has 1 aromatic rings. The SMILES string of the molecule is CCOCCN(C)c1ccc(C)cc1CNCC(C)C. The Morgan fingerprint density at radius 1 is 1.30 bits per heavy atom. The zero-order valence-corrected chi connectivity index (χ0v) is 13.7. The van der Waals surface area contributed by atoms with Crippen molar-refractivity contribution in [1.82, 2.24) is 5.32 Å². The van der Waals surface area contributed by atoms with E-state index >= 15 is 0 Å². The molecule has 1 rings (SSSR count). The van der Waals surface area contributed by atoms with Crippen LogP contribution in [0.25, 0.3) is 0 Å². The van der Waals surface area contributed by atoms with Gasteiger partial charge in [-0.3, -0.25) is 0 Å². The fourth-order valence-corrected chi connectivity index (χ4v) is 2.19. The second-order valence-electron chi connectivity index (χ2n) is 5.78. The molecule has 0 saturated carbocycles. The van der Waals surface area contributed by atoms with Crippen LogP contribution in [0.4, 0.5) is 5.69 Å². The van der Waals surface area contributed by atoms with Gasteiger partial charge in [0.15, 0.2) is 0 Å². The minimum Gasteiger partial charge on any atom is -0.380 e. The highest BCUT2D eigenvalue weighted by Gasteiger charge is 2.08. The summed E-state index contributed by atoms with van der Waals surface area (Å²) in [6.07, 6.45) is 0. The average Bonchev–Trinajstić information content (AvgIpc) is 2.38. The maximum absolute atomic E-state index is 5.44. The largest absolute Gasteiger partial charge is 0.380 e. The molecule has 0 aromatic heterocycles. The van der Waals surface area contributed by atoms with Gasteiger partial charge in [0.25, 0.3) is 0 Å². The van der Waals surface area contributed by atoms with Crippen molar-refractivity contribution >= 4 is 5.69 Å². The number of ether oxygens (including phenoxy) is 1. The maximum atomic E-state index is 5.44. The zero-order valence-electron chi connectivity index (χ0n) is 13.7. The third kappa shape index (κ3) is 5.93. The predicted octanol–water partition coefficient (Wildman–Crippen LogP) is 3.21. The van der Waals surface area contributed by atoms with Crippen LogP contribution < -0.4 is 10.2 Å². The Labute approximate surface area is 124 Å². The van der Waals surface area contributed by atoms with Gasteiger partial charge < -0.3 is 15.0 Å². The van der Waals surface area contributed by atoms with Crippen LogP contribution in [0.1, 0.15) is 31.9 Å². The monoisotopic (exact) mass is 278 g/mol. The van der Waals surface area contributed by atoms with E-state index < -0.39 is 0 Å². The average molecular weight is 278 g/mol. The first-order valence-corrected chi connectivity index (χ1v) is 7.63. The number of benzene rings is 1. The number of aryl methyl sites for hydroxylation is 1. The highest BCUT2D eigenvalue weighted by molar-refractivity contribution is 5.54. The van der Waals surface area contributed by atoms with Crippen LogP contribution in [0.3, 0.4) is 0 Å². The molecule has 0 aliphatic carbocycles. The summed E-state index contributed by atoms with van der Waals surface area (Å²) in [5.41, 5.74) is 3.98. The van der Waals surface area contributed by atoms with Crippen LogP contribution in [0.5, 0.6) is 0 Å². The van der Waals surface area contributed by atoms with E-state index in [1.807, 2.05) is 6.92 Å². The third-order valence-corrected chi connectivity index (χ3v) is 3.29. The third-order valence-electron chi connectivity index (χ3n) is 3.29. The first kappa shape index (κ1) is 17.0. The number of hydrogen-bond acceptors (Lipinski definition) is 3. The fraction of sp³-hybridized carbons (Fsp3) is 0.647. The van der Waals surface area contributed by atoms with E-state index in [0.29, 0.717) is 5.92 Å². The van der Waals surface area contributed by atoms with Crippen LogP contribution in [0.2, 0.25) is 0 Å². The summed E-state index contributed by atoms with van der Waals surface area (Å²) < 4.78 is 5.44. The molecule has 0 atom stereocenters. The topological polar surface area (TPSA) is 24.5 Å². The summed E-state index contributed by atoms with van der Waals surface area (Å²) >= 11 is 0. The number of nitrogens with zero attached hydrogens (tertiary/aromatic N) is 1. The molecule has 114 valence electrons. The Balaban J connectivity index is 2.68. The predicted molar refractivity (Wildman–Crippen MR) is 87.5 cm³/mol. The lowest BCUT2D eigenvalue weighted by atomic mass is 10.1. The number of nitrogens with one attached hydrogen (secondary N) is 1. The Morgan fingerprint density at radius 3 is 2.70 bits per heavy atom. The van der Waals surface area contributed by atoms with E-state index in [0.717, 1.165) is 32.8 Å². The summed E-state index contributed by atoms with van der Waals surface area (Å²) in [6, 6.07) is 6.67. The summed E-state index contributed by atoms with van der Waals surface area (Å²) in [6.45, 7) is 13.1. The molecular weight excluding hydrogens is 248 g/mol. The molecule has 0 unspecified atom stereocenters. The molecular formula is C17H30N2O. The molecule has 0 fully saturated rings. The normalized spacial score (nSPS) is 11.1. The number of anilines is 1. The molecule has 3 heteroatoms. The highest BCUT2D eigenvalue weighted by atomic mass is 16.5. The quantitative estimate of drug-likeness (QED) is 0.702. The summed E-state index contributed by atoms with van der Waals surface area (Å²) in [5, 5.41) is 3.53. The fourth-order valence-electron chi connectivity index (χ4n) is 2.19. The lowest BCUT2D eigenvalue weighted by Crippen LogP contribution is -2.26. The molecule has 0 bridgehead atoms. The van der Waals surface area contributed by atoms with Gasteiger partial charge in [0.2, 0.25) is 0 Å². The smallest absolute Gasteiger partial charge is 0.0641 e. The van der Waals surface area contributed by atoms with Gasteiger partial charge >= 0.3 is 0 Å². The number of hydrogen-bond donors (Lipinski definition) is 1. The van der Waals surface area contributed by atoms with Crippen molar-refractivity contribution in [2.45, 2.75) is 34.2 Å². The maximum Gasteiger partial charge on any atom is 0.0641 e. The van der Waals surface area contributed by atoms with Crippen LogP contribution >= 0.6 is 0 Å². The Bertz CT molecular complexity index is 391. The van der Waals surface area contributed by atoms with Gasteiger partial charge in [-0.1, -0.05) is 31.5 Å². The van der Waals surface area contributed by atoms with Gasteiger partial charge in [0.05, 0.1) is 6.61 Å². The first-order valence-electron chi connectivity index (χ1n) is 7.63. The molecule has 1 aromatic carbocycles. The van der Waals surface area contributed by atoms with Gasteiger partial charge in [0.1, 0.15) is 0 Å². The molecule has 0 spiro atoms. The molecule has 0 heterocycles. The van der Waals surface area contributed by atoms with Crippen molar-refractivity contribution in [3.8, 4) is 0 Å². The molecule has 0 saturated heterocycles. The first-order chi connectivity index (χ1) is 9.54. The summed E-state index contributed by atoms with van der Waals surface area (Å²) in [4.78, 5) is 2.28. The molecule has 0 amide bonds. The van der Waals surface area contributed by atoms with Crippen LogP contribution in [-0.4, -0.2) is 33.4 Å². The van der Waals surface area contributed by atoms with Crippen molar-refractivity contribution in [3.05, 3.63) is 29.3 Å². The van der Waals surface area contributed by atoms with Gasteiger partial charge in [-0.25, -0.2) is 0 Å². The lowest BCUT2D eigenvalue weighted by molar-refractivity contribution is 0.154. The van der Waals surface area contributed by atoms with E-state index in [1.165, 1.54) is 16.8 Å². The minimum atomic E-state index is 0.680. The molecule has 0 aliphatic rings. The van der Waals surface area contributed by atoms with Crippen molar-refractivity contribution in [2.24, 2.45) is 5.92 Å². The van der Waals surface area contributed by atoms with Crippen LogP contribution in [0.15, 0.2) is 18.2 Å². The second-order valence-corrected chi connectivity index (χ2v) is 5.78.